The zero-order chi connectivity index (χ0) is 13.5. The Labute approximate surface area is 112 Å². The van der Waals surface area contributed by atoms with E-state index in [1.807, 2.05) is 6.07 Å². The van der Waals surface area contributed by atoms with Crippen molar-refractivity contribution in [3.63, 3.8) is 0 Å². The van der Waals surface area contributed by atoms with Crippen LogP contribution < -0.4 is 10.6 Å². The third-order valence-electron chi connectivity index (χ3n) is 2.87. The Kier molecular flexibility index (Phi) is 5.11. The summed E-state index contributed by atoms with van der Waals surface area (Å²) in [4.78, 5) is 16.0. The maximum atomic E-state index is 11.8. The Morgan fingerprint density at radius 3 is 3.11 bits per heavy atom. The summed E-state index contributed by atoms with van der Waals surface area (Å²) < 4.78 is 10.3. The molecule has 1 aromatic rings. The van der Waals surface area contributed by atoms with Crippen LogP contribution >= 0.6 is 0 Å². The van der Waals surface area contributed by atoms with E-state index in [2.05, 4.69) is 15.6 Å². The van der Waals surface area contributed by atoms with E-state index in [-0.39, 0.29) is 12.0 Å². The van der Waals surface area contributed by atoms with Crippen LogP contribution in [0, 0.1) is 0 Å². The van der Waals surface area contributed by atoms with Crippen molar-refractivity contribution in [1.29, 1.82) is 0 Å². The SMILES string of the molecule is COCCNc1ccc(NC(=O)C2CCCO2)nc1. The predicted molar refractivity (Wildman–Crippen MR) is 72.2 cm³/mol. The zero-order valence-electron chi connectivity index (χ0n) is 11.0. The topological polar surface area (TPSA) is 72.5 Å². The molecule has 1 aliphatic rings. The molecule has 2 rings (SSSR count). The largest absolute Gasteiger partial charge is 0.383 e. The highest BCUT2D eigenvalue weighted by atomic mass is 16.5. The molecule has 6 heteroatoms. The molecule has 0 spiro atoms. The standard InChI is InChI=1S/C13H19N3O3/c1-18-8-6-14-10-4-5-12(15-9-10)16-13(17)11-3-2-7-19-11/h4-5,9,11,14H,2-3,6-8H2,1H3,(H,15,16,17). The van der Waals surface area contributed by atoms with Crippen molar-refractivity contribution >= 4 is 17.4 Å². The predicted octanol–water partition coefficient (Wildman–Crippen LogP) is 1.26. The van der Waals surface area contributed by atoms with Gasteiger partial charge in [0.1, 0.15) is 11.9 Å². The molecule has 1 unspecified atom stereocenters. The molecule has 1 aliphatic heterocycles. The molecule has 104 valence electrons. The van der Waals surface area contributed by atoms with Gasteiger partial charge in [-0.2, -0.15) is 0 Å². The number of methoxy groups -OCH3 is 1. The van der Waals surface area contributed by atoms with E-state index in [1.165, 1.54) is 0 Å². The lowest BCUT2D eigenvalue weighted by atomic mass is 10.2. The van der Waals surface area contributed by atoms with Crippen LogP contribution in [0.2, 0.25) is 0 Å². The fourth-order valence-corrected chi connectivity index (χ4v) is 1.86. The van der Waals surface area contributed by atoms with Gasteiger partial charge in [0, 0.05) is 20.3 Å². The second kappa shape index (κ2) is 7.06. The van der Waals surface area contributed by atoms with Crippen LogP contribution in [0.25, 0.3) is 0 Å². The minimum atomic E-state index is -0.332. The summed E-state index contributed by atoms with van der Waals surface area (Å²) in [7, 11) is 1.66. The van der Waals surface area contributed by atoms with E-state index in [9.17, 15) is 4.79 Å². The Morgan fingerprint density at radius 2 is 2.47 bits per heavy atom. The van der Waals surface area contributed by atoms with Crippen molar-refractivity contribution in [2.45, 2.75) is 18.9 Å². The summed E-state index contributed by atoms with van der Waals surface area (Å²) in [6.07, 6.45) is 3.07. The molecule has 2 heterocycles. The summed E-state index contributed by atoms with van der Waals surface area (Å²) in [6.45, 7) is 2.02. The Hall–Kier alpha value is -1.66. The number of aromatic nitrogens is 1. The van der Waals surface area contributed by atoms with Crippen LogP contribution in [-0.2, 0) is 14.3 Å². The first-order chi connectivity index (χ1) is 9.29. The van der Waals surface area contributed by atoms with E-state index in [1.54, 1.807) is 19.4 Å². The average Bonchev–Trinajstić information content (AvgIpc) is 2.95. The third kappa shape index (κ3) is 4.18. The van der Waals surface area contributed by atoms with Gasteiger partial charge in [0.15, 0.2) is 0 Å². The molecule has 0 aliphatic carbocycles. The summed E-state index contributed by atoms with van der Waals surface area (Å²) in [5.74, 6) is 0.419. The van der Waals surface area contributed by atoms with Gasteiger partial charge in [-0.15, -0.1) is 0 Å². The third-order valence-corrected chi connectivity index (χ3v) is 2.87. The highest BCUT2D eigenvalue weighted by Gasteiger charge is 2.23. The number of anilines is 2. The fourth-order valence-electron chi connectivity index (χ4n) is 1.86. The van der Waals surface area contributed by atoms with Gasteiger partial charge < -0.3 is 20.1 Å². The summed E-state index contributed by atoms with van der Waals surface area (Å²) >= 11 is 0. The normalized spacial score (nSPS) is 18.3. The van der Waals surface area contributed by atoms with Crippen molar-refractivity contribution in [2.24, 2.45) is 0 Å². The number of nitrogens with one attached hydrogen (secondary N) is 2. The monoisotopic (exact) mass is 265 g/mol. The number of hydrogen-bond donors (Lipinski definition) is 2. The number of carbonyl (C=O) groups is 1. The quantitative estimate of drug-likeness (QED) is 0.758. The minimum Gasteiger partial charge on any atom is -0.383 e. The van der Waals surface area contributed by atoms with E-state index in [4.69, 9.17) is 9.47 Å². The van der Waals surface area contributed by atoms with E-state index >= 15 is 0 Å². The van der Waals surface area contributed by atoms with Crippen LogP contribution in [0.5, 0.6) is 0 Å². The van der Waals surface area contributed by atoms with Gasteiger partial charge in [-0.05, 0) is 25.0 Å². The maximum absolute atomic E-state index is 11.8. The fraction of sp³-hybridized carbons (Fsp3) is 0.538. The van der Waals surface area contributed by atoms with Gasteiger partial charge in [0.2, 0.25) is 0 Å². The molecule has 0 radical (unpaired) electrons. The lowest BCUT2D eigenvalue weighted by Gasteiger charge is -2.10. The highest BCUT2D eigenvalue weighted by Crippen LogP contribution is 2.15. The molecule has 0 saturated carbocycles. The van der Waals surface area contributed by atoms with Gasteiger partial charge >= 0.3 is 0 Å². The van der Waals surface area contributed by atoms with Crippen molar-refractivity contribution in [3.8, 4) is 0 Å². The smallest absolute Gasteiger partial charge is 0.254 e. The molecule has 2 N–H and O–H groups in total. The Bertz CT molecular complexity index is 402. The number of hydrogen-bond acceptors (Lipinski definition) is 5. The first kappa shape index (κ1) is 13.8. The van der Waals surface area contributed by atoms with Gasteiger partial charge in [0.25, 0.3) is 5.91 Å². The zero-order valence-corrected chi connectivity index (χ0v) is 11.0. The van der Waals surface area contributed by atoms with Crippen LogP contribution in [0.3, 0.4) is 0 Å². The molecule has 6 nitrogen and oxygen atoms in total. The summed E-state index contributed by atoms with van der Waals surface area (Å²) in [5.41, 5.74) is 0.896. The first-order valence-corrected chi connectivity index (χ1v) is 6.41. The number of ether oxygens (including phenoxy) is 2. The van der Waals surface area contributed by atoms with Crippen LogP contribution in [0.4, 0.5) is 11.5 Å². The Balaban J connectivity index is 1.82. The van der Waals surface area contributed by atoms with E-state index < -0.39 is 0 Å². The molecule has 1 amide bonds. The molecule has 0 bridgehead atoms. The highest BCUT2D eigenvalue weighted by molar-refractivity contribution is 5.93. The summed E-state index contributed by atoms with van der Waals surface area (Å²) in [5, 5.41) is 5.91. The van der Waals surface area contributed by atoms with Crippen LogP contribution in [0.15, 0.2) is 18.3 Å². The number of rotatable bonds is 6. The maximum Gasteiger partial charge on any atom is 0.254 e. The molecule has 0 aromatic carbocycles. The van der Waals surface area contributed by atoms with E-state index in [0.717, 1.165) is 25.1 Å². The lowest BCUT2D eigenvalue weighted by molar-refractivity contribution is -0.124. The Morgan fingerprint density at radius 1 is 1.58 bits per heavy atom. The van der Waals surface area contributed by atoms with Gasteiger partial charge in [-0.3, -0.25) is 4.79 Å². The molecule has 1 fully saturated rings. The lowest BCUT2D eigenvalue weighted by Crippen LogP contribution is -2.27. The number of amides is 1. The van der Waals surface area contributed by atoms with Gasteiger partial charge in [0.05, 0.1) is 18.5 Å². The second-order valence-corrected chi connectivity index (χ2v) is 4.34. The molecular formula is C13H19N3O3. The second-order valence-electron chi connectivity index (χ2n) is 4.34. The van der Waals surface area contributed by atoms with E-state index in [0.29, 0.717) is 19.0 Å². The number of nitrogens with zero attached hydrogens (tertiary/aromatic N) is 1. The molecular weight excluding hydrogens is 246 g/mol. The van der Waals surface area contributed by atoms with Crippen LogP contribution in [0.1, 0.15) is 12.8 Å². The van der Waals surface area contributed by atoms with Crippen molar-refractivity contribution < 1.29 is 14.3 Å². The number of pyridine rings is 1. The average molecular weight is 265 g/mol. The van der Waals surface area contributed by atoms with Gasteiger partial charge in [-0.25, -0.2) is 4.98 Å². The first-order valence-electron chi connectivity index (χ1n) is 6.41. The summed E-state index contributed by atoms with van der Waals surface area (Å²) in [6, 6.07) is 3.63. The van der Waals surface area contributed by atoms with Crippen molar-refractivity contribution in [2.75, 3.05) is 37.5 Å². The minimum absolute atomic E-state index is 0.120. The molecule has 1 atom stereocenters. The number of carbonyl (C=O) groups excluding carboxylic acids is 1. The molecule has 19 heavy (non-hydrogen) atoms. The van der Waals surface area contributed by atoms with Gasteiger partial charge in [-0.1, -0.05) is 0 Å². The van der Waals surface area contributed by atoms with Crippen molar-refractivity contribution in [1.82, 2.24) is 4.98 Å². The van der Waals surface area contributed by atoms with Crippen molar-refractivity contribution in [3.05, 3.63) is 18.3 Å². The molecule has 1 aromatic heterocycles. The molecule has 1 saturated heterocycles. The van der Waals surface area contributed by atoms with Crippen LogP contribution in [-0.4, -0.2) is 43.9 Å².